The molecule has 0 bridgehead atoms. The van der Waals surface area contributed by atoms with Crippen molar-refractivity contribution in [1.82, 2.24) is 10.6 Å². The lowest BCUT2D eigenvalue weighted by Gasteiger charge is -2.21. The Morgan fingerprint density at radius 1 is 1.54 bits per heavy atom. The van der Waals surface area contributed by atoms with Crippen molar-refractivity contribution in [2.24, 2.45) is 0 Å². The van der Waals surface area contributed by atoms with Gasteiger partial charge in [-0.2, -0.15) is 0 Å². The highest BCUT2D eigenvalue weighted by Crippen LogP contribution is 2.09. The summed E-state index contributed by atoms with van der Waals surface area (Å²) in [6, 6.07) is -0.276. The molecule has 76 valence electrons. The molecule has 1 saturated heterocycles. The van der Waals surface area contributed by atoms with Crippen LogP contribution in [0.1, 0.15) is 20.8 Å². The molecule has 0 aliphatic carbocycles. The van der Waals surface area contributed by atoms with Gasteiger partial charge in [-0.3, -0.25) is 10.1 Å². The van der Waals surface area contributed by atoms with Crippen LogP contribution in [0.3, 0.4) is 0 Å². The molecule has 0 radical (unpaired) electrons. The van der Waals surface area contributed by atoms with E-state index in [1.54, 1.807) is 0 Å². The van der Waals surface area contributed by atoms with E-state index in [1.807, 2.05) is 20.8 Å². The van der Waals surface area contributed by atoms with Crippen molar-refractivity contribution in [3.63, 3.8) is 0 Å². The number of carbonyl (C=O) groups excluding carboxylic acids is 1. The van der Waals surface area contributed by atoms with E-state index in [2.05, 4.69) is 23.3 Å². The quantitative estimate of drug-likeness (QED) is 0.559. The SMILES string of the molecule is CC(C)(C)OCC1NC(S)NC1=O. The zero-order valence-electron chi connectivity index (χ0n) is 8.13. The Morgan fingerprint density at radius 3 is 2.54 bits per heavy atom. The van der Waals surface area contributed by atoms with E-state index in [4.69, 9.17) is 4.74 Å². The largest absolute Gasteiger partial charge is 0.374 e. The van der Waals surface area contributed by atoms with Crippen molar-refractivity contribution < 1.29 is 9.53 Å². The molecule has 2 unspecified atom stereocenters. The van der Waals surface area contributed by atoms with Crippen molar-refractivity contribution in [2.75, 3.05) is 6.61 Å². The fourth-order valence-electron chi connectivity index (χ4n) is 1.00. The van der Waals surface area contributed by atoms with Crippen LogP contribution < -0.4 is 10.6 Å². The second kappa shape index (κ2) is 3.86. The average molecular weight is 204 g/mol. The summed E-state index contributed by atoms with van der Waals surface area (Å²) in [7, 11) is 0. The van der Waals surface area contributed by atoms with Crippen molar-refractivity contribution in [3.05, 3.63) is 0 Å². The molecule has 1 heterocycles. The van der Waals surface area contributed by atoms with Crippen LogP contribution in [-0.4, -0.2) is 29.7 Å². The molecule has 13 heavy (non-hydrogen) atoms. The summed E-state index contributed by atoms with van der Waals surface area (Å²) < 4.78 is 5.47. The van der Waals surface area contributed by atoms with Gasteiger partial charge in [0.15, 0.2) is 0 Å². The molecule has 5 heteroatoms. The van der Waals surface area contributed by atoms with Crippen molar-refractivity contribution >= 4 is 18.5 Å². The van der Waals surface area contributed by atoms with Crippen LogP contribution in [0.15, 0.2) is 0 Å². The minimum Gasteiger partial charge on any atom is -0.374 e. The van der Waals surface area contributed by atoms with Gasteiger partial charge in [0.1, 0.15) is 11.5 Å². The third-order valence-corrected chi connectivity index (χ3v) is 1.92. The first-order valence-electron chi connectivity index (χ1n) is 4.27. The first-order valence-corrected chi connectivity index (χ1v) is 4.78. The first kappa shape index (κ1) is 10.8. The van der Waals surface area contributed by atoms with Crippen molar-refractivity contribution in [2.45, 2.75) is 37.9 Å². The number of hydrogen-bond acceptors (Lipinski definition) is 4. The zero-order chi connectivity index (χ0) is 10.1. The van der Waals surface area contributed by atoms with Gasteiger partial charge in [-0.15, -0.1) is 12.6 Å². The van der Waals surface area contributed by atoms with Gasteiger partial charge in [0.2, 0.25) is 5.91 Å². The van der Waals surface area contributed by atoms with Gasteiger partial charge in [-0.25, -0.2) is 0 Å². The number of rotatable bonds is 2. The molecule has 4 nitrogen and oxygen atoms in total. The smallest absolute Gasteiger partial charge is 0.241 e. The highest BCUT2D eigenvalue weighted by Gasteiger charge is 2.30. The van der Waals surface area contributed by atoms with Gasteiger partial charge < -0.3 is 10.1 Å². The Labute approximate surface area is 83.8 Å². The highest BCUT2D eigenvalue weighted by atomic mass is 32.1. The van der Waals surface area contributed by atoms with Crippen molar-refractivity contribution in [3.8, 4) is 0 Å². The molecule has 1 amide bonds. The van der Waals surface area contributed by atoms with E-state index >= 15 is 0 Å². The van der Waals surface area contributed by atoms with Gasteiger partial charge in [0.25, 0.3) is 0 Å². The van der Waals surface area contributed by atoms with Gasteiger partial charge >= 0.3 is 0 Å². The summed E-state index contributed by atoms with van der Waals surface area (Å²) in [4.78, 5) is 11.2. The molecule has 1 fully saturated rings. The molecule has 0 spiro atoms. The Balaban J connectivity index is 2.34. The van der Waals surface area contributed by atoms with Crippen LogP contribution in [0.2, 0.25) is 0 Å². The maximum atomic E-state index is 11.2. The minimum absolute atomic E-state index is 0.0516. The molecule has 1 aliphatic rings. The van der Waals surface area contributed by atoms with E-state index in [0.717, 1.165) is 0 Å². The summed E-state index contributed by atoms with van der Waals surface area (Å²) in [5, 5.41) is 5.59. The van der Waals surface area contributed by atoms with Gasteiger partial charge in [0, 0.05) is 0 Å². The first-order chi connectivity index (χ1) is 5.88. The molecule has 0 aromatic rings. The van der Waals surface area contributed by atoms with Crippen molar-refractivity contribution in [1.29, 1.82) is 0 Å². The van der Waals surface area contributed by atoms with Crippen LogP contribution in [-0.2, 0) is 9.53 Å². The van der Waals surface area contributed by atoms with Gasteiger partial charge in [0.05, 0.1) is 12.2 Å². The number of ether oxygens (including phenoxy) is 1. The molecule has 0 aromatic carbocycles. The van der Waals surface area contributed by atoms with Crippen LogP contribution in [0, 0.1) is 0 Å². The Hall–Kier alpha value is -0.260. The minimum atomic E-state index is -0.276. The third kappa shape index (κ3) is 3.54. The highest BCUT2D eigenvalue weighted by molar-refractivity contribution is 7.80. The van der Waals surface area contributed by atoms with E-state index in [9.17, 15) is 4.79 Å². The standard InChI is InChI=1S/C8H16N2O2S/c1-8(2,3)12-4-5-6(11)10-7(13)9-5/h5,7,9,13H,4H2,1-3H3,(H,10,11). The summed E-state index contributed by atoms with van der Waals surface area (Å²) in [5.41, 5.74) is -0.461. The molecule has 0 aromatic heterocycles. The van der Waals surface area contributed by atoms with Crippen LogP contribution in [0.25, 0.3) is 0 Å². The molecular formula is C8H16N2O2S. The maximum absolute atomic E-state index is 11.2. The van der Waals surface area contributed by atoms with E-state index < -0.39 is 0 Å². The van der Waals surface area contributed by atoms with E-state index in [0.29, 0.717) is 6.61 Å². The number of amides is 1. The fraction of sp³-hybridized carbons (Fsp3) is 0.875. The normalized spacial score (nSPS) is 29.1. The Morgan fingerprint density at radius 2 is 2.15 bits per heavy atom. The fourth-order valence-corrected chi connectivity index (χ4v) is 1.31. The number of thiol groups is 1. The predicted molar refractivity (Wildman–Crippen MR) is 53.5 cm³/mol. The second-order valence-corrected chi connectivity index (χ2v) is 4.57. The third-order valence-electron chi connectivity index (χ3n) is 1.64. The predicted octanol–water partition coefficient (Wildman–Crippen LogP) is 0.103. The Kier molecular flexibility index (Phi) is 3.21. The monoisotopic (exact) mass is 204 g/mol. The molecule has 1 rings (SSSR count). The molecular weight excluding hydrogens is 188 g/mol. The Bertz CT molecular complexity index is 203. The lowest BCUT2D eigenvalue weighted by atomic mass is 10.2. The van der Waals surface area contributed by atoms with E-state index in [-0.39, 0.29) is 23.0 Å². The summed E-state index contributed by atoms with van der Waals surface area (Å²) in [6.45, 7) is 6.25. The van der Waals surface area contributed by atoms with Crippen LogP contribution in [0.5, 0.6) is 0 Å². The summed E-state index contributed by atoms with van der Waals surface area (Å²) in [5.74, 6) is -0.0516. The lowest BCUT2D eigenvalue weighted by Crippen LogP contribution is -2.37. The molecule has 2 N–H and O–H groups in total. The number of nitrogens with one attached hydrogen (secondary N) is 2. The van der Waals surface area contributed by atoms with E-state index in [1.165, 1.54) is 0 Å². The van der Waals surface area contributed by atoms with Gasteiger partial charge in [-0.05, 0) is 20.8 Å². The summed E-state index contributed by atoms with van der Waals surface area (Å²) >= 11 is 4.08. The topological polar surface area (TPSA) is 50.4 Å². The van der Waals surface area contributed by atoms with Crippen LogP contribution in [0.4, 0.5) is 0 Å². The number of hydrogen-bond donors (Lipinski definition) is 3. The molecule has 0 saturated carbocycles. The second-order valence-electron chi connectivity index (χ2n) is 4.05. The average Bonchev–Trinajstić information content (AvgIpc) is 2.24. The van der Waals surface area contributed by atoms with Crippen LogP contribution >= 0.6 is 12.6 Å². The summed E-state index contributed by atoms with van der Waals surface area (Å²) in [6.07, 6.45) is 0. The lowest BCUT2D eigenvalue weighted by molar-refractivity contribution is -0.123. The zero-order valence-corrected chi connectivity index (χ0v) is 9.02. The molecule has 1 aliphatic heterocycles. The number of carbonyl (C=O) groups is 1. The maximum Gasteiger partial charge on any atom is 0.241 e. The van der Waals surface area contributed by atoms with Gasteiger partial charge in [-0.1, -0.05) is 0 Å². The molecule has 2 atom stereocenters.